The molecular weight excluding hydrogens is 321 g/mol. The zero-order valence-electron chi connectivity index (χ0n) is 12.1. The average Bonchev–Trinajstić information content (AvgIpc) is 2.45. The molecule has 0 atom stereocenters. The minimum Gasteiger partial charge on any atom is -0.507 e. The third-order valence-corrected chi connectivity index (χ3v) is 2.39. The Balaban J connectivity index is 3.12. The van der Waals surface area contributed by atoms with Gasteiger partial charge in [0, 0.05) is 17.7 Å². The van der Waals surface area contributed by atoms with Crippen LogP contribution in [0.4, 0.5) is 13.2 Å². The lowest BCUT2D eigenvalue weighted by molar-refractivity contribution is -0.274. The number of carbonyl (C=O) groups is 2. The van der Waals surface area contributed by atoms with Crippen LogP contribution in [0.15, 0.2) is 24.3 Å². The number of hydrogen-bond acceptors (Lipinski definition) is 6. The van der Waals surface area contributed by atoms with E-state index < -0.39 is 29.6 Å². The van der Waals surface area contributed by atoms with Crippen molar-refractivity contribution in [3.8, 4) is 11.5 Å². The third-order valence-electron chi connectivity index (χ3n) is 2.39. The number of halogens is 3. The fourth-order valence-electron chi connectivity index (χ4n) is 1.50. The van der Waals surface area contributed by atoms with Crippen LogP contribution in [-0.2, 0) is 14.3 Å². The van der Waals surface area contributed by atoms with Crippen LogP contribution < -0.4 is 9.47 Å². The quantitative estimate of drug-likeness (QED) is 0.373. The fraction of sp³-hybridized carbons (Fsp3) is 0.286. The lowest BCUT2D eigenvalue weighted by Gasteiger charge is -2.12. The monoisotopic (exact) mass is 334 g/mol. The van der Waals surface area contributed by atoms with Gasteiger partial charge in [0.05, 0.1) is 13.7 Å². The van der Waals surface area contributed by atoms with Gasteiger partial charge in [0.1, 0.15) is 17.3 Å². The molecule has 6 nitrogen and oxygen atoms in total. The molecule has 1 N–H and O–H groups in total. The zero-order chi connectivity index (χ0) is 17.6. The molecule has 126 valence electrons. The Hall–Kier alpha value is -2.71. The Kier molecular flexibility index (Phi) is 6.00. The Morgan fingerprint density at radius 1 is 1.22 bits per heavy atom. The van der Waals surface area contributed by atoms with Crippen molar-refractivity contribution in [2.24, 2.45) is 0 Å². The van der Waals surface area contributed by atoms with E-state index in [-0.39, 0.29) is 17.9 Å². The first-order valence-electron chi connectivity index (χ1n) is 6.23. The van der Waals surface area contributed by atoms with Crippen LogP contribution in [0.3, 0.4) is 0 Å². The molecule has 0 heterocycles. The number of aliphatic hydroxyl groups is 1. The maximum atomic E-state index is 12.3. The summed E-state index contributed by atoms with van der Waals surface area (Å²) in [5.41, 5.74) is -0.207. The molecule has 0 saturated heterocycles. The standard InChI is InChI=1S/C14H13F3O6/c1-3-22-13(20)12(19)7-11(18)8-4-9(21-2)6-10(5-8)23-14(15,16)17/h4-7,18H,3H2,1-2H3. The number of ketones is 1. The van der Waals surface area contributed by atoms with Crippen molar-refractivity contribution in [2.45, 2.75) is 13.3 Å². The number of ether oxygens (including phenoxy) is 3. The van der Waals surface area contributed by atoms with Crippen LogP contribution in [0.2, 0.25) is 0 Å². The summed E-state index contributed by atoms with van der Waals surface area (Å²) in [5, 5.41) is 9.79. The second-order valence-corrected chi connectivity index (χ2v) is 4.06. The number of benzene rings is 1. The van der Waals surface area contributed by atoms with Gasteiger partial charge in [-0.2, -0.15) is 0 Å². The van der Waals surface area contributed by atoms with Crippen LogP contribution in [0.5, 0.6) is 11.5 Å². The predicted octanol–water partition coefficient (Wildman–Crippen LogP) is 2.62. The highest BCUT2D eigenvalue weighted by Gasteiger charge is 2.31. The summed E-state index contributed by atoms with van der Waals surface area (Å²) >= 11 is 0. The minimum atomic E-state index is -4.94. The highest BCUT2D eigenvalue weighted by molar-refractivity contribution is 6.39. The number of aliphatic hydroxyl groups excluding tert-OH is 1. The molecule has 0 aliphatic heterocycles. The van der Waals surface area contributed by atoms with E-state index in [0.29, 0.717) is 6.08 Å². The molecule has 0 spiro atoms. The van der Waals surface area contributed by atoms with Crippen molar-refractivity contribution in [3.63, 3.8) is 0 Å². The number of alkyl halides is 3. The van der Waals surface area contributed by atoms with Gasteiger partial charge in [0.25, 0.3) is 5.78 Å². The van der Waals surface area contributed by atoms with Crippen LogP contribution in [-0.4, -0.2) is 36.9 Å². The molecule has 9 heteroatoms. The molecule has 0 fully saturated rings. The first-order chi connectivity index (χ1) is 10.7. The number of rotatable bonds is 6. The second-order valence-electron chi connectivity index (χ2n) is 4.06. The number of esters is 1. The molecule has 0 bridgehead atoms. The lowest BCUT2D eigenvalue weighted by atomic mass is 10.1. The summed E-state index contributed by atoms with van der Waals surface area (Å²) in [6.45, 7) is 1.44. The van der Waals surface area contributed by atoms with Crippen molar-refractivity contribution in [1.29, 1.82) is 0 Å². The normalized spacial score (nSPS) is 11.8. The van der Waals surface area contributed by atoms with Crippen molar-refractivity contribution in [3.05, 3.63) is 29.8 Å². The maximum absolute atomic E-state index is 12.3. The summed E-state index contributed by atoms with van der Waals surface area (Å²) in [6, 6.07) is 2.94. The van der Waals surface area contributed by atoms with E-state index >= 15 is 0 Å². The summed E-state index contributed by atoms with van der Waals surface area (Å²) in [6.07, 6.45) is -4.41. The van der Waals surface area contributed by atoms with Gasteiger partial charge >= 0.3 is 12.3 Å². The molecule has 23 heavy (non-hydrogen) atoms. The highest BCUT2D eigenvalue weighted by Crippen LogP contribution is 2.30. The lowest BCUT2D eigenvalue weighted by Crippen LogP contribution is -2.17. The molecule has 0 unspecified atom stereocenters. The van der Waals surface area contributed by atoms with Crippen molar-refractivity contribution >= 4 is 17.5 Å². The number of methoxy groups -OCH3 is 1. The van der Waals surface area contributed by atoms with E-state index in [2.05, 4.69) is 9.47 Å². The fourth-order valence-corrected chi connectivity index (χ4v) is 1.50. The summed E-state index contributed by atoms with van der Waals surface area (Å²) in [4.78, 5) is 22.6. The van der Waals surface area contributed by atoms with E-state index in [1.54, 1.807) is 0 Å². The number of hydrogen-bond donors (Lipinski definition) is 1. The largest absolute Gasteiger partial charge is 0.573 e. The van der Waals surface area contributed by atoms with E-state index in [0.717, 1.165) is 18.2 Å². The average molecular weight is 334 g/mol. The Morgan fingerprint density at radius 2 is 1.83 bits per heavy atom. The minimum absolute atomic E-state index is 0.0398. The molecule has 0 amide bonds. The van der Waals surface area contributed by atoms with Crippen molar-refractivity contribution in [2.75, 3.05) is 13.7 Å². The van der Waals surface area contributed by atoms with Crippen LogP contribution >= 0.6 is 0 Å². The summed E-state index contributed by atoms with van der Waals surface area (Å²) in [7, 11) is 1.20. The van der Waals surface area contributed by atoms with Gasteiger partial charge in [-0.1, -0.05) is 0 Å². The predicted molar refractivity (Wildman–Crippen MR) is 71.9 cm³/mol. The van der Waals surface area contributed by atoms with Gasteiger partial charge in [-0.25, -0.2) is 4.79 Å². The number of carbonyl (C=O) groups excluding carboxylic acids is 2. The molecule has 0 aliphatic rings. The van der Waals surface area contributed by atoms with Gasteiger partial charge in [0.2, 0.25) is 0 Å². The molecule has 1 aromatic rings. The van der Waals surface area contributed by atoms with Crippen LogP contribution in [0, 0.1) is 0 Å². The van der Waals surface area contributed by atoms with E-state index in [1.165, 1.54) is 14.0 Å². The topological polar surface area (TPSA) is 82.1 Å². The SMILES string of the molecule is CCOC(=O)C(=O)C=C(O)c1cc(OC)cc(OC(F)(F)F)c1. The maximum Gasteiger partial charge on any atom is 0.573 e. The van der Waals surface area contributed by atoms with Crippen LogP contribution in [0.25, 0.3) is 5.76 Å². The molecule has 0 aliphatic carbocycles. The van der Waals surface area contributed by atoms with Crippen molar-refractivity contribution < 1.29 is 42.1 Å². The first-order valence-corrected chi connectivity index (χ1v) is 6.23. The first kappa shape index (κ1) is 18.3. The van der Waals surface area contributed by atoms with Gasteiger partial charge < -0.3 is 19.3 Å². The Morgan fingerprint density at radius 3 is 2.35 bits per heavy atom. The van der Waals surface area contributed by atoms with E-state index in [4.69, 9.17) is 4.74 Å². The van der Waals surface area contributed by atoms with Gasteiger partial charge in [-0.05, 0) is 19.1 Å². The molecule has 1 rings (SSSR count). The Labute approximate surface area is 129 Å². The molecule has 1 aromatic carbocycles. The summed E-state index contributed by atoms with van der Waals surface area (Å²) < 4.78 is 49.7. The molecular formula is C14H13F3O6. The molecule has 0 saturated carbocycles. The highest BCUT2D eigenvalue weighted by atomic mass is 19.4. The van der Waals surface area contributed by atoms with Gasteiger partial charge in [-0.15, -0.1) is 13.2 Å². The third kappa shape index (κ3) is 5.89. The van der Waals surface area contributed by atoms with Crippen LogP contribution in [0.1, 0.15) is 12.5 Å². The van der Waals surface area contributed by atoms with Gasteiger partial charge in [0.15, 0.2) is 0 Å². The zero-order valence-corrected chi connectivity index (χ0v) is 12.1. The van der Waals surface area contributed by atoms with Gasteiger partial charge in [-0.3, -0.25) is 4.79 Å². The van der Waals surface area contributed by atoms with E-state index in [9.17, 15) is 27.9 Å². The second kappa shape index (κ2) is 7.52. The Bertz CT molecular complexity index is 621. The van der Waals surface area contributed by atoms with E-state index in [1.807, 2.05) is 0 Å². The molecule has 0 aromatic heterocycles. The van der Waals surface area contributed by atoms with Crippen molar-refractivity contribution in [1.82, 2.24) is 0 Å². The smallest absolute Gasteiger partial charge is 0.507 e. The molecule has 0 radical (unpaired) electrons. The summed E-state index contributed by atoms with van der Waals surface area (Å²) in [5.74, 6) is -3.81.